The number of primary amides is 1. The van der Waals surface area contributed by atoms with Gasteiger partial charge in [0.05, 0.1) is 18.8 Å². The number of hydrogen-bond acceptors (Lipinski definition) is 4. The Morgan fingerprint density at radius 2 is 2.21 bits per heavy atom. The minimum atomic E-state index is -0.487. The van der Waals surface area contributed by atoms with E-state index in [2.05, 4.69) is 5.32 Å². The second-order valence-electron chi connectivity index (χ2n) is 5.02. The average molecular weight is 282 g/mol. The third kappa shape index (κ3) is 3.13. The van der Waals surface area contributed by atoms with Gasteiger partial charge in [0.25, 0.3) is 5.91 Å². The first-order valence-electron chi connectivity index (χ1n) is 6.31. The molecule has 2 amide bonds. The first-order chi connectivity index (χ1) is 8.99. The predicted octanol–water partition coefficient (Wildman–Crippen LogP) is 1.90. The Hall–Kier alpha value is -1.40. The molecule has 0 unspecified atom stereocenters. The molecular formula is C13H18N2O3S. The van der Waals surface area contributed by atoms with Crippen molar-refractivity contribution in [3.8, 4) is 0 Å². The van der Waals surface area contributed by atoms with E-state index in [4.69, 9.17) is 10.5 Å². The van der Waals surface area contributed by atoms with Gasteiger partial charge in [0.2, 0.25) is 5.91 Å². The van der Waals surface area contributed by atoms with Crippen molar-refractivity contribution in [2.45, 2.75) is 33.3 Å². The summed E-state index contributed by atoms with van der Waals surface area (Å²) in [5, 5.41) is 3.37. The van der Waals surface area contributed by atoms with Crippen LogP contribution < -0.4 is 11.1 Å². The van der Waals surface area contributed by atoms with E-state index in [0.29, 0.717) is 36.6 Å². The van der Waals surface area contributed by atoms with Gasteiger partial charge < -0.3 is 15.8 Å². The minimum absolute atomic E-state index is 0.0861. The van der Waals surface area contributed by atoms with Crippen LogP contribution in [-0.2, 0) is 22.6 Å². The molecule has 0 fully saturated rings. The van der Waals surface area contributed by atoms with Gasteiger partial charge in [-0.2, -0.15) is 0 Å². The molecule has 2 rings (SSSR count). The van der Waals surface area contributed by atoms with Gasteiger partial charge in [-0.05, 0) is 17.9 Å². The first-order valence-corrected chi connectivity index (χ1v) is 7.12. The Kier molecular flexibility index (Phi) is 4.21. The molecule has 0 spiro atoms. The van der Waals surface area contributed by atoms with E-state index in [-0.39, 0.29) is 11.8 Å². The lowest BCUT2D eigenvalue weighted by molar-refractivity contribution is -0.116. The van der Waals surface area contributed by atoms with Crippen molar-refractivity contribution >= 4 is 28.2 Å². The molecule has 6 heteroatoms. The van der Waals surface area contributed by atoms with E-state index in [0.717, 1.165) is 10.4 Å². The summed E-state index contributed by atoms with van der Waals surface area (Å²) in [5.74, 6) is -0.300. The van der Waals surface area contributed by atoms with Gasteiger partial charge in [-0.1, -0.05) is 13.8 Å². The normalized spacial score (nSPS) is 14.3. The van der Waals surface area contributed by atoms with Crippen molar-refractivity contribution in [2.24, 2.45) is 11.7 Å². The number of carbonyl (C=O) groups excluding carboxylic acids is 2. The van der Waals surface area contributed by atoms with Crippen molar-refractivity contribution in [1.29, 1.82) is 0 Å². The number of thiophene rings is 1. The topological polar surface area (TPSA) is 81.4 Å². The van der Waals surface area contributed by atoms with E-state index in [1.54, 1.807) is 0 Å². The summed E-state index contributed by atoms with van der Waals surface area (Å²) in [6.07, 6.45) is 1.10. The Morgan fingerprint density at radius 3 is 2.84 bits per heavy atom. The van der Waals surface area contributed by atoms with E-state index in [9.17, 15) is 9.59 Å². The van der Waals surface area contributed by atoms with Crippen LogP contribution in [0.3, 0.4) is 0 Å². The lowest BCUT2D eigenvalue weighted by Gasteiger charge is -2.12. The molecule has 0 aromatic carbocycles. The Balaban J connectivity index is 2.27. The van der Waals surface area contributed by atoms with Crippen molar-refractivity contribution in [1.82, 2.24) is 0 Å². The molecule has 5 nitrogen and oxygen atoms in total. The predicted molar refractivity (Wildman–Crippen MR) is 74.3 cm³/mol. The smallest absolute Gasteiger partial charge is 0.251 e. The summed E-state index contributed by atoms with van der Waals surface area (Å²) >= 11 is 1.39. The molecular weight excluding hydrogens is 264 g/mol. The third-order valence-corrected chi connectivity index (χ3v) is 4.03. The summed E-state index contributed by atoms with van der Waals surface area (Å²) in [4.78, 5) is 24.4. The van der Waals surface area contributed by atoms with Gasteiger partial charge in [0, 0.05) is 11.3 Å². The van der Waals surface area contributed by atoms with Crippen molar-refractivity contribution < 1.29 is 14.3 Å². The number of nitrogens with two attached hydrogens (primary N) is 1. The van der Waals surface area contributed by atoms with Crippen LogP contribution in [0.4, 0.5) is 5.00 Å². The highest BCUT2D eigenvalue weighted by atomic mass is 32.1. The average Bonchev–Trinajstić information content (AvgIpc) is 2.64. The maximum Gasteiger partial charge on any atom is 0.251 e. The lowest BCUT2D eigenvalue weighted by atomic mass is 10.1. The molecule has 2 heterocycles. The second kappa shape index (κ2) is 5.71. The largest absolute Gasteiger partial charge is 0.376 e. The van der Waals surface area contributed by atoms with Gasteiger partial charge >= 0.3 is 0 Å². The molecule has 1 aliphatic heterocycles. The van der Waals surface area contributed by atoms with E-state index >= 15 is 0 Å². The van der Waals surface area contributed by atoms with Gasteiger partial charge in [-0.15, -0.1) is 11.3 Å². The van der Waals surface area contributed by atoms with Crippen LogP contribution >= 0.6 is 11.3 Å². The monoisotopic (exact) mass is 282 g/mol. The molecule has 0 saturated heterocycles. The summed E-state index contributed by atoms with van der Waals surface area (Å²) < 4.78 is 5.36. The van der Waals surface area contributed by atoms with E-state index < -0.39 is 5.91 Å². The van der Waals surface area contributed by atoms with Crippen LogP contribution in [0.5, 0.6) is 0 Å². The Bertz CT molecular complexity index is 508. The van der Waals surface area contributed by atoms with Crippen LogP contribution in [0.1, 0.15) is 41.1 Å². The molecule has 0 atom stereocenters. The standard InChI is InChI=1S/C13H18N2O3S/c1-7(2)5-10(16)15-13-11(12(14)17)8-3-4-18-6-9(8)19-13/h7H,3-6H2,1-2H3,(H2,14,17)(H,15,16). The fourth-order valence-electron chi connectivity index (χ4n) is 2.13. The molecule has 0 bridgehead atoms. The second-order valence-corrected chi connectivity index (χ2v) is 6.13. The third-order valence-electron chi connectivity index (χ3n) is 2.91. The molecule has 1 aliphatic rings. The summed E-state index contributed by atoms with van der Waals surface area (Å²) in [6, 6.07) is 0. The van der Waals surface area contributed by atoms with Gasteiger partial charge in [-0.25, -0.2) is 0 Å². The number of ether oxygens (including phenoxy) is 1. The maximum absolute atomic E-state index is 11.8. The van der Waals surface area contributed by atoms with Gasteiger partial charge in [-0.3, -0.25) is 9.59 Å². The highest BCUT2D eigenvalue weighted by Crippen LogP contribution is 2.36. The van der Waals surface area contributed by atoms with Crippen LogP contribution in [0.2, 0.25) is 0 Å². The number of fused-ring (bicyclic) bond motifs is 1. The van der Waals surface area contributed by atoms with Gasteiger partial charge in [0.15, 0.2) is 0 Å². The van der Waals surface area contributed by atoms with Crippen LogP contribution in [0, 0.1) is 5.92 Å². The van der Waals surface area contributed by atoms with Crippen molar-refractivity contribution in [3.63, 3.8) is 0 Å². The van der Waals surface area contributed by atoms with E-state index in [1.807, 2.05) is 13.8 Å². The van der Waals surface area contributed by atoms with Crippen LogP contribution in [0.25, 0.3) is 0 Å². The Labute approximate surface area is 116 Å². The van der Waals surface area contributed by atoms with E-state index in [1.165, 1.54) is 11.3 Å². The number of hydrogen-bond donors (Lipinski definition) is 2. The van der Waals surface area contributed by atoms with Crippen molar-refractivity contribution in [2.75, 3.05) is 11.9 Å². The molecule has 1 aromatic rings. The summed E-state index contributed by atoms with van der Waals surface area (Å²) in [7, 11) is 0. The molecule has 0 saturated carbocycles. The number of nitrogens with one attached hydrogen (secondary N) is 1. The van der Waals surface area contributed by atoms with Crippen LogP contribution in [-0.4, -0.2) is 18.4 Å². The zero-order valence-corrected chi connectivity index (χ0v) is 11.9. The fourth-order valence-corrected chi connectivity index (χ4v) is 3.34. The molecule has 1 aromatic heterocycles. The number of amides is 2. The molecule has 0 aliphatic carbocycles. The van der Waals surface area contributed by atoms with Gasteiger partial charge in [0.1, 0.15) is 5.00 Å². The molecule has 3 N–H and O–H groups in total. The molecule has 104 valence electrons. The quantitative estimate of drug-likeness (QED) is 0.885. The highest BCUT2D eigenvalue weighted by Gasteiger charge is 2.25. The molecule has 19 heavy (non-hydrogen) atoms. The summed E-state index contributed by atoms with van der Waals surface area (Å²) in [5.41, 5.74) is 6.83. The summed E-state index contributed by atoms with van der Waals surface area (Å²) in [6.45, 7) is 5.02. The zero-order valence-electron chi connectivity index (χ0n) is 11.1. The number of anilines is 1. The maximum atomic E-state index is 11.8. The Morgan fingerprint density at radius 1 is 1.47 bits per heavy atom. The lowest BCUT2D eigenvalue weighted by Crippen LogP contribution is -2.20. The SMILES string of the molecule is CC(C)CC(=O)Nc1sc2c(c1C(N)=O)CCOC2. The first kappa shape index (κ1) is 14.0. The van der Waals surface area contributed by atoms with Crippen molar-refractivity contribution in [3.05, 3.63) is 16.0 Å². The molecule has 0 radical (unpaired) electrons. The van der Waals surface area contributed by atoms with Crippen LogP contribution in [0.15, 0.2) is 0 Å². The highest BCUT2D eigenvalue weighted by molar-refractivity contribution is 7.17. The zero-order chi connectivity index (χ0) is 14.0. The minimum Gasteiger partial charge on any atom is -0.376 e. The number of rotatable bonds is 4. The fraction of sp³-hybridized carbons (Fsp3) is 0.538. The number of carbonyl (C=O) groups is 2.